The lowest BCUT2D eigenvalue weighted by Crippen LogP contribution is -1.99. The van der Waals surface area contributed by atoms with E-state index in [0.717, 1.165) is 35.9 Å². The number of rotatable bonds is 5. The van der Waals surface area contributed by atoms with Crippen molar-refractivity contribution in [1.82, 2.24) is 4.98 Å². The van der Waals surface area contributed by atoms with Crippen LogP contribution in [0, 0.1) is 6.92 Å². The third-order valence-electron chi connectivity index (χ3n) is 5.26. The minimum Gasteiger partial charge on any atom is -0.353 e. The summed E-state index contributed by atoms with van der Waals surface area (Å²) in [5.41, 5.74) is 11.5. The molecule has 1 aromatic heterocycles. The van der Waals surface area contributed by atoms with Gasteiger partial charge in [0.2, 0.25) is 0 Å². The maximum atomic E-state index is 6.52. The molecule has 0 aliphatic carbocycles. The molecule has 1 heterocycles. The summed E-state index contributed by atoms with van der Waals surface area (Å²) in [5.74, 6) is 0. The van der Waals surface area contributed by atoms with Crippen LogP contribution in [0.2, 0.25) is 10.0 Å². The number of hydrogen-bond acceptors (Lipinski definition) is 1. The first-order valence-electron chi connectivity index (χ1n) is 9.29. The van der Waals surface area contributed by atoms with E-state index in [1.54, 1.807) is 0 Å². The van der Waals surface area contributed by atoms with Gasteiger partial charge in [-0.15, -0.1) is 0 Å². The van der Waals surface area contributed by atoms with Crippen LogP contribution in [0.1, 0.15) is 24.0 Å². The Labute approximate surface area is 169 Å². The van der Waals surface area contributed by atoms with Crippen LogP contribution in [0.4, 0.5) is 0 Å². The third-order valence-corrected chi connectivity index (χ3v) is 6.07. The van der Waals surface area contributed by atoms with Crippen LogP contribution >= 0.6 is 23.2 Å². The third kappa shape index (κ3) is 3.23. The predicted octanol–water partition coefficient (Wildman–Crippen LogP) is 6.88. The van der Waals surface area contributed by atoms with Crippen LogP contribution in [0.3, 0.4) is 0 Å². The molecule has 0 spiro atoms. The topological polar surface area (TPSA) is 41.8 Å². The second kappa shape index (κ2) is 7.55. The highest BCUT2D eigenvalue weighted by Gasteiger charge is 2.18. The molecule has 4 rings (SSSR count). The van der Waals surface area contributed by atoms with Gasteiger partial charge in [0.15, 0.2) is 0 Å². The monoisotopic (exact) mass is 396 g/mol. The van der Waals surface area contributed by atoms with Gasteiger partial charge in [0.1, 0.15) is 0 Å². The molecule has 2 nitrogen and oxygen atoms in total. The molecule has 4 heteroatoms. The van der Waals surface area contributed by atoms with E-state index in [-0.39, 0.29) is 0 Å². The SMILES string of the molecule is Cc1ccc(-c2[nH]c3c(Cl)c(Cl)ccc3c2CCCCN)c2ccccc12. The van der Waals surface area contributed by atoms with E-state index in [1.807, 2.05) is 6.07 Å². The number of aromatic nitrogens is 1. The highest BCUT2D eigenvalue weighted by Crippen LogP contribution is 2.40. The zero-order chi connectivity index (χ0) is 19.0. The molecule has 0 atom stereocenters. The first kappa shape index (κ1) is 18.4. The van der Waals surface area contributed by atoms with Crippen LogP contribution < -0.4 is 5.73 Å². The van der Waals surface area contributed by atoms with Crippen molar-refractivity contribution >= 4 is 44.9 Å². The summed E-state index contributed by atoms with van der Waals surface area (Å²) in [5, 5.41) is 4.80. The Kier molecular flexibility index (Phi) is 5.14. The fraction of sp³-hybridized carbons (Fsp3) is 0.217. The predicted molar refractivity (Wildman–Crippen MR) is 118 cm³/mol. The maximum absolute atomic E-state index is 6.52. The van der Waals surface area contributed by atoms with Gasteiger partial charge >= 0.3 is 0 Å². The molecule has 0 saturated heterocycles. The Morgan fingerprint density at radius 3 is 2.44 bits per heavy atom. The zero-order valence-electron chi connectivity index (χ0n) is 15.3. The Hall–Kier alpha value is -2.00. The van der Waals surface area contributed by atoms with E-state index < -0.39 is 0 Å². The van der Waals surface area contributed by atoms with Crippen LogP contribution in [-0.2, 0) is 6.42 Å². The van der Waals surface area contributed by atoms with Crippen molar-refractivity contribution in [2.45, 2.75) is 26.2 Å². The van der Waals surface area contributed by atoms with Gasteiger partial charge in [0, 0.05) is 10.9 Å². The molecule has 3 aromatic carbocycles. The summed E-state index contributed by atoms with van der Waals surface area (Å²) in [4.78, 5) is 3.58. The van der Waals surface area contributed by atoms with Crippen molar-refractivity contribution in [2.75, 3.05) is 6.54 Å². The summed E-state index contributed by atoms with van der Waals surface area (Å²) in [6, 6.07) is 16.9. The number of benzene rings is 3. The average Bonchev–Trinajstić information content (AvgIpc) is 3.05. The number of H-pyrrole nitrogens is 1. The second-order valence-electron chi connectivity index (χ2n) is 6.98. The van der Waals surface area contributed by atoms with E-state index in [9.17, 15) is 0 Å². The second-order valence-corrected chi connectivity index (χ2v) is 7.77. The summed E-state index contributed by atoms with van der Waals surface area (Å²) in [6.07, 6.45) is 3.00. The first-order valence-corrected chi connectivity index (χ1v) is 10.0. The minimum atomic E-state index is 0.569. The lowest BCUT2D eigenvalue weighted by atomic mass is 9.94. The van der Waals surface area contributed by atoms with Crippen LogP contribution in [0.15, 0.2) is 48.5 Å². The van der Waals surface area contributed by atoms with E-state index in [1.165, 1.54) is 27.5 Å². The molecule has 0 radical (unpaired) electrons. The Morgan fingerprint density at radius 2 is 1.67 bits per heavy atom. The largest absolute Gasteiger partial charge is 0.353 e. The molecule has 0 fully saturated rings. The number of halogens is 2. The van der Waals surface area contributed by atoms with Gasteiger partial charge in [-0.2, -0.15) is 0 Å². The van der Waals surface area contributed by atoms with Gasteiger partial charge in [0.25, 0.3) is 0 Å². The molecule has 0 bridgehead atoms. The molecule has 138 valence electrons. The van der Waals surface area contributed by atoms with Crippen LogP contribution in [0.25, 0.3) is 32.9 Å². The Balaban J connectivity index is 2.00. The standard InChI is InChI=1S/C23H22Cl2N2/c1-14-9-10-18(16-7-3-2-6-15(14)16)22-17(8-4-5-13-26)19-11-12-20(24)21(25)23(19)27-22/h2-3,6-7,9-12,27H,4-5,8,13,26H2,1H3. The number of aromatic amines is 1. The molecular formula is C23H22Cl2N2. The summed E-state index contributed by atoms with van der Waals surface area (Å²) < 4.78 is 0. The highest BCUT2D eigenvalue weighted by molar-refractivity contribution is 6.45. The zero-order valence-corrected chi connectivity index (χ0v) is 16.8. The summed E-state index contributed by atoms with van der Waals surface area (Å²) >= 11 is 12.8. The van der Waals surface area contributed by atoms with E-state index >= 15 is 0 Å². The van der Waals surface area contributed by atoms with E-state index in [4.69, 9.17) is 28.9 Å². The van der Waals surface area contributed by atoms with E-state index in [2.05, 4.69) is 54.4 Å². The number of nitrogens with two attached hydrogens (primary N) is 1. The Morgan fingerprint density at radius 1 is 0.889 bits per heavy atom. The molecule has 0 amide bonds. The van der Waals surface area contributed by atoms with Crippen LogP contribution in [0.5, 0.6) is 0 Å². The molecular weight excluding hydrogens is 375 g/mol. The number of aryl methyl sites for hydroxylation is 2. The van der Waals surface area contributed by atoms with Crippen molar-refractivity contribution in [3.63, 3.8) is 0 Å². The molecule has 0 aliphatic rings. The minimum absolute atomic E-state index is 0.569. The fourth-order valence-corrected chi connectivity index (χ4v) is 4.23. The van der Waals surface area contributed by atoms with Gasteiger partial charge < -0.3 is 10.7 Å². The summed E-state index contributed by atoms with van der Waals surface area (Å²) in [6.45, 7) is 2.86. The van der Waals surface area contributed by atoms with Gasteiger partial charge in [0.05, 0.1) is 21.3 Å². The number of fused-ring (bicyclic) bond motifs is 2. The fourth-order valence-electron chi connectivity index (χ4n) is 3.86. The number of unbranched alkanes of at least 4 members (excludes halogenated alkanes) is 1. The first-order chi connectivity index (χ1) is 13.1. The lowest BCUT2D eigenvalue weighted by molar-refractivity contribution is 0.748. The van der Waals surface area contributed by atoms with Crippen LogP contribution in [-0.4, -0.2) is 11.5 Å². The normalized spacial score (nSPS) is 11.6. The smallest absolute Gasteiger partial charge is 0.0833 e. The highest BCUT2D eigenvalue weighted by atomic mass is 35.5. The number of hydrogen-bond donors (Lipinski definition) is 2. The average molecular weight is 397 g/mol. The molecule has 3 N–H and O–H groups in total. The molecule has 0 saturated carbocycles. The van der Waals surface area contributed by atoms with Crippen molar-refractivity contribution in [3.8, 4) is 11.3 Å². The van der Waals surface area contributed by atoms with E-state index in [0.29, 0.717) is 16.6 Å². The molecule has 27 heavy (non-hydrogen) atoms. The molecule has 0 unspecified atom stereocenters. The van der Waals surface area contributed by atoms with Crippen molar-refractivity contribution in [1.29, 1.82) is 0 Å². The van der Waals surface area contributed by atoms with Crippen molar-refractivity contribution in [3.05, 3.63) is 69.7 Å². The van der Waals surface area contributed by atoms with Gasteiger partial charge in [-0.25, -0.2) is 0 Å². The lowest BCUT2D eigenvalue weighted by Gasteiger charge is -2.10. The molecule has 0 aliphatic heterocycles. The maximum Gasteiger partial charge on any atom is 0.0833 e. The number of nitrogens with one attached hydrogen (secondary N) is 1. The Bertz CT molecular complexity index is 1130. The van der Waals surface area contributed by atoms with Crippen molar-refractivity contribution in [2.24, 2.45) is 5.73 Å². The van der Waals surface area contributed by atoms with Crippen molar-refractivity contribution < 1.29 is 0 Å². The summed E-state index contributed by atoms with van der Waals surface area (Å²) in [7, 11) is 0. The van der Waals surface area contributed by atoms with Gasteiger partial charge in [-0.3, -0.25) is 0 Å². The molecule has 4 aromatic rings. The quantitative estimate of drug-likeness (QED) is 0.354. The van der Waals surface area contributed by atoms with Gasteiger partial charge in [-0.1, -0.05) is 65.7 Å². The van der Waals surface area contributed by atoms with Gasteiger partial charge in [-0.05, 0) is 60.7 Å².